The number of nitrogens with two attached hydrogens (primary N) is 1. The van der Waals surface area contributed by atoms with Gasteiger partial charge in [-0.25, -0.2) is 0 Å². The molecule has 0 bridgehead atoms. The second kappa shape index (κ2) is 4.87. The minimum atomic E-state index is -0.205. The quantitative estimate of drug-likeness (QED) is 0.878. The topological polar surface area (TPSA) is 35.2 Å². The van der Waals surface area contributed by atoms with Gasteiger partial charge in [-0.2, -0.15) is 0 Å². The molecule has 2 rings (SSSR count). The highest BCUT2D eigenvalue weighted by Gasteiger charge is 2.17. The maximum Gasteiger partial charge on any atom is 0.141 e. The third-order valence-corrected chi connectivity index (χ3v) is 3.21. The summed E-state index contributed by atoms with van der Waals surface area (Å²) in [4.78, 5) is 0. The lowest BCUT2D eigenvalue weighted by Gasteiger charge is -2.20. The monoisotopic (exact) mass is 253 g/mol. The molecule has 1 aliphatic heterocycles. The molecule has 0 aliphatic carbocycles. The van der Waals surface area contributed by atoms with Gasteiger partial charge in [-0.1, -0.05) is 17.7 Å². The lowest BCUT2D eigenvalue weighted by atomic mass is 9.94. The Morgan fingerprint density at radius 1 is 1.35 bits per heavy atom. The Labute approximate surface area is 108 Å². The van der Waals surface area contributed by atoms with Crippen molar-refractivity contribution in [1.82, 2.24) is 0 Å². The number of hydrogen-bond acceptors (Lipinski definition) is 2. The van der Waals surface area contributed by atoms with Crippen molar-refractivity contribution >= 4 is 11.6 Å². The van der Waals surface area contributed by atoms with Gasteiger partial charge in [-0.3, -0.25) is 0 Å². The van der Waals surface area contributed by atoms with Gasteiger partial charge in [0.15, 0.2) is 0 Å². The highest BCUT2D eigenvalue weighted by Crippen LogP contribution is 2.34. The summed E-state index contributed by atoms with van der Waals surface area (Å²) in [5, 5.41) is 0.726. The number of ether oxygens (including phenoxy) is 1. The van der Waals surface area contributed by atoms with E-state index in [1.807, 2.05) is 19.9 Å². The van der Waals surface area contributed by atoms with Crippen LogP contribution in [0, 0.1) is 0 Å². The van der Waals surface area contributed by atoms with Gasteiger partial charge < -0.3 is 10.5 Å². The average molecular weight is 254 g/mol. The standard InChI is InChI=1S/C14H20ClNO/c1-14(2,16)9-10-7-11-5-3-4-6-17-13(11)12(15)8-10/h7-8H,3-6,9,16H2,1-2H3. The number of hydrogen-bond donors (Lipinski definition) is 1. The summed E-state index contributed by atoms with van der Waals surface area (Å²) in [5.74, 6) is 0.878. The summed E-state index contributed by atoms with van der Waals surface area (Å²) in [7, 11) is 0. The molecule has 17 heavy (non-hydrogen) atoms. The Bertz CT molecular complexity index is 409. The summed E-state index contributed by atoms with van der Waals surface area (Å²) in [6.45, 7) is 4.83. The Morgan fingerprint density at radius 2 is 2.12 bits per heavy atom. The summed E-state index contributed by atoms with van der Waals surface area (Å²) in [6, 6.07) is 4.18. The summed E-state index contributed by atoms with van der Waals surface area (Å²) in [5.41, 5.74) is 8.28. The molecule has 0 saturated heterocycles. The van der Waals surface area contributed by atoms with Gasteiger partial charge in [-0.15, -0.1) is 0 Å². The van der Waals surface area contributed by atoms with E-state index in [4.69, 9.17) is 22.1 Å². The van der Waals surface area contributed by atoms with Crippen LogP contribution in [0.1, 0.15) is 37.8 Å². The molecule has 1 aliphatic rings. The molecule has 0 fully saturated rings. The lowest BCUT2D eigenvalue weighted by Crippen LogP contribution is -2.34. The minimum absolute atomic E-state index is 0.205. The fraction of sp³-hybridized carbons (Fsp3) is 0.571. The second-order valence-electron chi connectivity index (χ2n) is 5.54. The number of fused-ring (bicyclic) bond motifs is 1. The van der Waals surface area contributed by atoms with Crippen LogP contribution in [0.25, 0.3) is 0 Å². The first-order chi connectivity index (χ1) is 7.96. The molecule has 1 aromatic rings. The molecule has 2 N–H and O–H groups in total. The van der Waals surface area contributed by atoms with E-state index < -0.39 is 0 Å². The Morgan fingerprint density at radius 3 is 2.82 bits per heavy atom. The Hall–Kier alpha value is -0.730. The first-order valence-electron chi connectivity index (χ1n) is 6.19. The van der Waals surface area contributed by atoms with Gasteiger partial charge in [0.1, 0.15) is 5.75 Å². The molecule has 0 aromatic heterocycles. The van der Waals surface area contributed by atoms with E-state index in [9.17, 15) is 0 Å². The van der Waals surface area contributed by atoms with E-state index in [2.05, 4.69) is 6.07 Å². The molecule has 0 unspecified atom stereocenters. The smallest absolute Gasteiger partial charge is 0.141 e. The molecule has 3 heteroatoms. The van der Waals surface area contributed by atoms with Crippen molar-refractivity contribution in [3.05, 3.63) is 28.3 Å². The predicted molar refractivity (Wildman–Crippen MR) is 71.9 cm³/mol. The summed E-state index contributed by atoms with van der Waals surface area (Å²) in [6.07, 6.45) is 4.15. The van der Waals surface area contributed by atoms with Crippen LogP contribution in [0.2, 0.25) is 5.02 Å². The zero-order chi connectivity index (χ0) is 12.5. The Kier molecular flexibility index (Phi) is 3.64. The molecular weight excluding hydrogens is 234 g/mol. The van der Waals surface area contributed by atoms with E-state index >= 15 is 0 Å². The van der Waals surface area contributed by atoms with Crippen LogP contribution in [0.5, 0.6) is 5.75 Å². The van der Waals surface area contributed by atoms with E-state index in [1.165, 1.54) is 17.5 Å². The van der Waals surface area contributed by atoms with Crippen LogP contribution < -0.4 is 10.5 Å². The van der Waals surface area contributed by atoms with Crippen LogP contribution in [-0.4, -0.2) is 12.1 Å². The van der Waals surface area contributed by atoms with Gasteiger partial charge in [0.2, 0.25) is 0 Å². The molecule has 2 nitrogen and oxygen atoms in total. The fourth-order valence-corrected chi connectivity index (χ4v) is 2.60. The second-order valence-corrected chi connectivity index (χ2v) is 5.94. The van der Waals surface area contributed by atoms with Gasteiger partial charge >= 0.3 is 0 Å². The maximum absolute atomic E-state index is 6.28. The maximum atomic E-state index is 6.28. The normalized spacial score (nSPS) is 16.0. The molecule has 1 heterocycles. The number of aryl methyl sites for hydroxylation is 1. The van der Waals surface area contributed by atoms with Crippen LogP contribution in [0.4, 0.5) is 0 Å². The van der Waals surface area contributed by atoms with Gasteiger partial charge in [-0.05, 0) is 56.7 Å². The summed E-state index contributed by atoms with van der Waals surface area (Å²) < 4.78 is 5.70. The zero-order valence-corrected chi connectivity index (χ0v) is 11.3. The van der Waals surface area contributed by atoms with E-state index in [0.29, 0.717) is 0 Å². The van der Waals surface area contributed by atoms with Crippen LogP contribution in [-0.2, 0) is 12.8 Å². The highest BCUT2D eigenvalue weighted by atomic mass is 35.5. The van der Waals surface area contributed by atoms with Gasteiger partial charge in [0.05, 0.1) is 11.6 Å². The fourth-order valence-electron chi connectivity index (χ4n) is 2.28. The largest absolute Gasteiger partial charge is 0.492 e. The van der Waals surface area contributed by atoms with Crippen molar-refractivity contribution in [2.24, 2.45) is 5.73 Å². The molecule has 94 valence electrons. The molecule has 0 saturated carbocycles. The van der Waals surface area contributed by atoms with Crippen LogP contribution in [0.15, 0.2) is 12.1 Å². The molecule has 0 amide bonds. The van der Waals surface area contributed by atoms with E-state index in [1.54, 1.807) is 0 Å². The van der Waals surface area contributed by atoms with Crippen molar-refractivity contribution in [3.8, 4) is 5.75 Å². The Balaban J connectivity index is 2.32. The van der Waals surface area contributed by atoms with Crippen molar-refractivity contribution in [1.29, 1.82) is 0 Å². The average Bonchev–Trinajstić information content (AvgIpc) is 2.40. The van der Waals surface area contributed by atoms with Crippen LogP contribution in [0.3, 0.4) is 0 Å². The lowest BCUT2D eigenvalue weighted by molar-refractivity contribution is 0.317. The third kappa shape index (κ3) is 3.36. The molecular formula is C14H20ClNO. The first-order valence-corrected chi connectivity index (χ1v) is 6.56. The predicted octanol–water partition coefficient (Wildman–Crippen LogP) is 3.33. The SMILES string of the molecule is CC(C)(N)Cc1cc(Cl)c2c(c1)CCCCO2. The first kappa shape index (κ1) is 12.7. The van der Waals surface area contributed by atoms with Crippen molar-refractivity contribution in [2.45, 2.75) is 45.1 Å². The molecule has 0 spiro atoms. The summed E-state index contributed by atoms with van der Waals surface area (Å²) >= 11 is 6.28. The zero-order valence-electron chi connectivity index (χ0n) is 10.6. The number of rotatable bonds is 2. The minimum Gasteiger partial charge on any atom is -0.492 e. The van der Waals surface area contributed by atoms with Crippen molar-refractivity contribution < 1.29 is 4.74 Å². The highest BCUT2D eigenvalue weighted by molar-refractivity contribution is 6.32. The van der Waals surface area contributed by atoms with Crippen molar-refractivity contribution in [2.75, 3.05) is 6.61 Å². The van der Waals surface area contributed by atoms with Gasteiger partial charge in [0.25, 0.3) is 0 Å². The van der Waals surface area contributed by atoms with Gasteiger partial charge in [0, 0.05) is 5.54 Å². The molecule has 1 aromatic carbocycles. The van der Waals surface area contributed by atoms with E-state index in [-0.39, 0.29) is 5.54 Å². The number of halogens is 1. The van der Waals surface area contributed by atoms with Crippen molar-refractivity contribution in [3.63, 3.8) is 0 Å². The molecule has 0 atom stereocenters. The molecule has 0 radical (unpaired) electrons. The number of benzene rings is 1. The van der Waals surface area contributed by atoms with Crippen LogP contribution >= 0.6 is 11.6 Å². The third-order valence-electron chi connectivity index (χ3n) is 2.93. The van der Waals surface area contributed by atoms with E-state index in [0.717, 1.165) is 36.6 Å².